The Labute approximate surface area is 105 Å². The molecule has 0 unspecified atom stereocenters. The molecule has 96 valence electrons. The lowest BCUT2D eigenvalue weighted by Gasteiger charge is -2.11. The van der Waals surface area contributed by atoms with E-state index in [4.69, 9.17) is 4.74 Å². The van der Waals surface area contributed by atoms with Gasteiger partial charge in [-0.1, -0.05) is 12.1 Å². The van der Waals surface area contributed by atoms with Crippen LogP contribution >= 0.6 is 0 Å². The Morgan fingerprint density at radius 2 is 2.17 bits per heavy atom. The number of anilines is 1. The summed E-state index contributed by atoms with van der Waals surface area (Å²) in [4.78, 5) is 6.23. The van der Waals surface area contributed by atoms with Crippen LogP contribution < -0.4 is 9.46 Å². The average Bonchev–Trinajstić information content (AvgIpc) is 2.86. The lowest BCUT2D eigenvalue weighted by atomic mass is 10.3. The lowest BCUT2D eigenvalue weighted by Crippen LogP contribution is -2.14. The van der Waals surface area contributed by atoms with E-state index in [1.54, 1.807) is 24.3 Å². The van der Waals surface area contributed by atoms with Crippen LogP contribution in [0.1, 0.15) is 6.92 Å². The molecule has 0 radical (unpaired) electrons. The van der Waals surface area contributed by atoms with Gasteiger partial charge in [-0.2, -0.15) is 8.42 Å². The third-order valence-electron chi connectivity index (χ3n) is 2.19. The van der Waals surface area contributed by atoms with E-state index < -0.39 is 10.0 Å². The number of nitrogens with zero attached hydrogens (tertiary/aromatic N) is 1. The molecule has 0 aliphatic rings. The third kappa shape index (κ3) is 2.62. The van der Waals surface area contributed by atoms with E-state index in [-0.39, 0.29) is 5.03 Å². The minimum atomic E-state index is -3.66. The summed E-state index contributed by atoms with van der Waals surface area (Å²) in [7, 11) is -3.66. The number of imidazole rings is 1. The van der Waals surface area contributed by atoms with Crippen molar-refractivity contribution in [3.8, 4) is 5.75 Å². The highest BCUT2D eigenvalue weighted by Gasteiger charge is 2.17. The van der Waals surface area contributed by atoms with E-state index in [9.17, 15) is 8.42 Å². The zero-order chi connectivity index (χ0) is 13.0. The Kier molecular flexibility index (Phi) is 3.52. The maximum atomic E-state index is 12.0. The first-order valence-corrected chi connectivity index (χ1v) is 6.85. The molecule has 1 heterocycles. The molecule has 0 saturated heterocycles. The van der Waals surface area contributed by atoms with Gasteiger partial charge >= 0.3 is 0 Å². The Morgan fingerprint density at radius 1 is 1.39 bits per heavy atom. The standard InChI is InChI=1S/C11H13N3O3S/c1-2-17-10-6-4-3-5-9(10)14-18(15,16)11-7-12-8-13-11/h3-8,14H,2H2,1H3,(H,12,13). The van der Waals surface area contributed by atoms with Crippen LogP contribution in [0.25, 0.3) is 0 Å². The number of sulfonamides is 1. The number of nitrogens with one attached hydrogen (secondary N) is 2. The smallest absolute Gasteiger partial charge is 0.279 e. The second-order valence-electron chi connectivity index (χ2n) is 3.45. The number of rotatable bonds is 5. The summed E-state index contributed by atoms with van der Waals surface area (Å²) in [6.07, 6.45) is 2.55. The molecule has 0 spiro atoms. The molecule has 2 rings (SSSR count). The van der Waals surface area contributed by atoms with Gasteiger partial charge in [-0.05, 0) is 19.1 Å². The Morgan fingerprint density at radius 3 is 2.83 bits per heavy atom. The molecule has 0 aliphatic carbocycles. The van der Waals surface area contributed by atoms with Crippen molar-refractivity contribution in [2.24, 2.45) is 0 Å². The minimum Gasteiger partial charge on any atom is -0.492 e. The lowest BCUT2D eigenvalue weighted by molar-refractivity contribution is 0.342. The van der Waals surface area contributed by atoms with Crippen LogP contribution in [0.15, 0.2) is 41.8 Å². The molecule has 1 aromatic heterocycles. The highest BCUT2D eigenvalue weighted by Crippen LogP contribution is 2.25. The average molecular weight is 267 g/mol. The van der Waals surface area contributed by atoms with Gasteiger partial charge < -0.3 is 9.72 Å². The SMILES string of the molecule is CCOc1ccccc1NS(=O)(=O)c1cnc[nH]1. The van der Waals surface area contributed by atoms with E-state index in [0.717, 1.165) is 0 Å². The molecule has 18 heavy (non-hydrogen) atoms. The van der Waals surface area contributed by atoms with Crippen LogP contribution in [0.3, 0.4) is 0 Å². The van der Waals surface area contributed by atoms with Crippen molar-refractivity contribution < 1.29 is 13.2 Å². The molecule has 1 aromatic carbocycles. The fraction of sp³-hybridized carbons (Fsp3) is 0.182. The van der Waals surface area contributed by atoms with E-state index in [1.807, 2.05) is 6.92 Å². The van der Waals surface area contributed by atoms with Crippen molar-refractivity contribution >= 4 is 15.7 Å². The second kappa shape index (κ2) is 5.09. The number of hydrogen-bond acceptors (Lipinski definition) is 4. The van der Waals surface area contributed by atoms with Gasteiger partial charge in [0.2, 0.25) is 0 Å². The predicted octanol–water partition coefficient (Wildman–Crippen LogP) is 1.61. The Hall–Kier alpha value is -2.02. The van der Waals surface area contributed by atoms with E-state index in [1.165, 1.54) is 12.5 Å². The van der Waals surface area contributed by atoms with E-state index >= 15 is 0 Å². The number of H-pyrrole nitrogens is 1. The van der Waals surface area contributed by atoms with Gasteiger partial charge in [0.05, 0.1) is 24.8 Å². The molecule has 0 amide bonds. The molecule has 2 N–H and O–H groups in total. The molecule has 0 atom stereocenters. The summed E-state index contributed by atoms with van der Waals surface area (Å²) in [6.45, 7) is 2.29. The van der Waals surface area contributed by atoms with Crippen LogP contribution in [-0.4, -0.2) is 25.0 Å². The van der Waals surface area contributed by atoms with Crippen molar-refractivity contribution in [3.63, 3.8) is 0 Å². The summed E-state index contributed by atoms with van der Waals surface area (Å²) in [5, 5.41) is 0.00815. The minimum absolute atomic E-state index is 0.00815. The number of aromatic amines is 1. The number of benzene rings is 1. The molecule has 0 fully saturated rings. The first kappa shape index (κ1) is 12.4. The maximum Gasteiger partial charge on any atom is 0.279 e. The normalized spacial score (nSPS) is 11.2. The van der Waals surface area contributed by atoms with Gasteiger partial charge in [0.1, 0.15) is 5.75 Å². The van der Waals surface area contributed by atoms with Crippen molar-refractivity contribution in [1.82, 2.24) is 9.97 Å². The highest BCUT2D eigenvalue weighted by molar-refractivity contribution is 7.92. The van der Waals surface area contributed by atoms with Gasteiger partial charge in [0, 0.05) is 0 Å². The van der Waals surface area contributed by atoms with Crippen molar-refractivity contribution in [1.29, 1.82) is 0 Å². The van der Waals surface area contributed by atoms with Crippen molar-refractivity contribution in [2.45, 2.75) is 11.9 Å². The van der Waals surface area contributed by atoms with Gasteiger partial charge in [-0.25, -0.2) is 4.98 Å². The zero-order valence-electron chi connectivity index (χ0n) is 9.75. The van der Waals surface area contributed by atoms with Crippen LogP contribution in [0.5, 0.6) is 5.75 Å². The van der Waals surface area contributed by atoms with Gasteiger partial charge in [0.15, 0.2) is 5.03 Å². The number of ether oxygens (including phenoxy) is 1. The first-order chi connectivity index (χ1) is 8.63. The van der Waals surface area contributed by atoms with Crippen LogP contribution in [0.4, 0.5) is 5.69 Å². The zero-order valence-corrected chi connectivity index (χ0v) is 10.6. The van der Waals surface area contributed by atoms with Crippen molar-refractivity contribution in [3.05, 3.63) is 36.8 Å². The fourth-order valence-electron chi connectivity index (χ4n) is 1.42. The number of aromatic nitrogens is 2. The second-order valence-corrected chi connectivity index (χ2v) is 5.10. The molecule has 7 heteroatoms. The van der Waals surface area contributed by atoms with Gasteiger partial charge in [0.25, 0.3) is 10.0 Å². The Bertz CT molecular complexity index is 608. The summed E-state index contributed by atoms with van der Waals surface area (Å²) < 4.78 is 31.8. The summed E-state index contributed by atoms with van der Waals surface area (Å²) in [5.74, 6) is 0.489. The number of hydrogen-bond donors (Lipinski definition) is 2. The quantitative estimate of drug-likeness (QED) is 0.862. The monoisotopic (exact) mass is 267 g/mol. The fourth-order valence-corrected chi connectivity index (χ4v) is 2.40. The topological polar surface area (TPSA) is 84.1 Å². The molecule has 0 saturated carbocycles. The summed E-state index contributed by atoms with van der Waals surface area (Å²) in [5.41, 5.74) is 0.397. The van der Waals surface area contributed by atoms with E-state index in [2.05, 4.69) is 14.7 Å². The third-order valence-corrected chi connectivity index (χ3v) is 3.48. The van der Waals surface area contributed by atoms with Crippen molar-refractivity contribution in [2.75, 3.05) is 11.3 Å². The van der Waals surface area contributed by atoms with E-state index in [0.29, 0.717) is 18.0 Å². The predicted molar refractivity (Wildman–Crippen MR) is 67.0 cm³/mol. The van der Waals surface area contributed by atoms with Gasteiger partial charge in [-0.15, -0.1) is 0 Å². The summed E-state index contributed by atoms with van der Waals surface area (Å²) >= 11 is 0. The largest absolute Gasteiger partial charge is 0.492 e. The van der Waals surface area contributed by atoms with Crippen LogP contribution in [0, 0.1) is 0 Å². The van der Waals surface area contributed by atoms with Crippen LogP contribution in [-0.2, 0) is 10.0 Å². The molecule has 2 aromatic rings. The first-order valence-electron chi connectivity index (χ1n) is 5.36. The molecular weight excluding hydrogens is 254 g/mol. The summed E-state index contributed by atoms with van der Waals surface area (Å²) in [6, 6.07) is 6.85. The molecule has 0 bridgehead atoms. The Balaban J connectivity index is 2.29. The number of para-hydroxylation sites is 2. The maximum absolute atomic E-state index is 12.0. The molecule has 0 aliphatic heterocycles. The molecular formula is C11H13N3O3S. The molecule has 6 nitrogen and oxygen atoms in total. The van der Waals surface area contributed by atoms with Gasteiger partial charge in [-0.3, -0.25) is 4.72 Å². The van der Waals surface area contributed by atoms with Crippen LogP contribution in [0.2, 0.25) is 0 Å². The highest BCUT2D eigenvalue weighted by atomic mass is 32.2.